The Labute approximate surface area is 119 Å². The summed E-state index contributed by atoms with van der Waals surface area (Å²) in [5, 5.41) is 5.67. The Kier molecular flexibility index (Phi) is 4.64. The predicted molar refractivity (Wildman–Crippen MR) is 73.3 cm³/mol. The molecule has 1 unspecified atom stereocenters. The molecular formula is C12H21N3O4S. The zero-order valence-corrected chi connectivity index (χ0v) is 12.4. The fourth-order valence-electron chi connectivity index (χ4n) is 2.62. The average Bonchev–Trinajstić information content (AvgIpc) is 2.40. The lowest BCUT2D eigenvalue weighted by molar-refractivity contribution is -0.128. The molecule has 0 bridgehead atoms. The monoisotopic (exact) mass is 303 g/mol. The third-order valence-corrected chi connectivity index (χ3v) is 5.21. The number of amides is 2. The van der Waals surface area contributed by atoms with Gasteiger partial charge >= 0.3 is 0 Å². The van der Waals surface area contributed by atoms with E-state index in [2.05, 4.69) is 10.6 Å². The van der Waals surface area contributed by atoms with Crippen molar-refractivity contribution in [2.45, 2.75) is 31.7 Å². The first-order valence-electron chi connectivity index (χ1n) is 6.88. The maximum Gasteiger partial charge on any atom is 0.223 e. The molecule has 2 N–H and O–H groups in total. The standard InChI is InChI=1S/C12H21N3O4S/c1-20(18,19)15-6-4-9(5-7-15)12(17)14-10-2-3-11(16)13-8-10/h9-10H,2-8H2,1H3,(H,13,16)(H,14,17). The van der Waals surface area contributed by atoms with Crippen LogP contribution in [0.2, 0.25) is 0 Å². The van der Waals surface area contributed by atoms with Crippen LogP contribution in [0.5, 0.6) is 0 Å². The summed E-state index contributed by atoms with van der Waals surface area (Å²) in [6.07, 6.45) is 3.41. The zero-order chi connectivity index (χ0) is 14.8. The zero-order valence-electron chi connectivity index (χ0n) is 11.6. The second-order valence-electron chi connectivity index (χ2n) is 5.48. The number of carbonyl (C=O) groups excluding carboxylic acids is 2. The molecule has 0 saturated carbocycles. The number of piperidine rings is 2. The second kappa shape index (κ2) is 6.09. The van der Waals surface area contributed by atoms with E-state index in [-0.39, 0.29) is 23.8 Å². The van der Waals surface area contributed by atoms with Crippen molar-refractivity contribution >= 4 is 21.8 Å². The number of hydrogen-bond donors (Lipinski definition) is 2. The van der Waals surface area contributed by atoms with Gasteiger partial charge in [0.2, 0.25) is 21.8 Å². The van der Waals surface area contributed by atoms with Gasteiger partial charge in [0.15, 0.2) is 0 Å². The predicted octanol–water partition coefficient (Wildman–Crippen LogP) is -0.947. The number of sulfonamides is 1. The van der Waals surface area contributed by atoms with E-state index in [4.69, 9.17) is 0 Å². The van der Waals surface area contributed by atoms with Gasteiger partial charge in [0.25, 0.3) is 0 Å². The van der Waals surface area contributed by atoms with Gasteiger partial charge in [-0.25, -0.2) is 12.7 Å². The smallest absolute Gasteiger partial charge is 0.223 e. The number of carbonyl (C=O) groups is 2. The summed E-state index contributed by atoms with van der Waals surface area (Å²) in [5.74, 6) is -0.137. The molecule has 114 valence electrons. The van der Waals surface area contributed by atoms with E-state index < -0.39 is 10.0 Å². The van der Waals surface area contributed by atoms with E-state index in [0.29, 0.717) is 45.3 Å². The Morgan fingerprint density at radius 1 is 1.30 bits per heavy atom. The molecule has 20 heavy (non-hydrogen) atoms. The molecule has 2 fully saturated rings. The summed E-state index contributed by atoms with van der Waals surface area (Å²) in [4.78, 5) is 23.2. The van der Waals surface area contributed by atoms with Crippen LogP contribution in [0.1, 0.15) is 25.7 Å². The molecule has 0 spiro atoms. The molecular weight excluding hydrogens is 282 g/mol. The van der Waals surface area contributed by atoms with Gasteiger partial charge < -0.3 is 10.6 Å². The molecule has 1 atom stereocenters. The van der Waals surface area contributed by atoms with Crippen LogP contribution in [-0.2, 0) is 19.6 Å². The average molecular weight is 303 g/mol. The highest BCUT2D eigenvalue weighted by Crippen LogP contribution is 2.19. The lowest BCUT2D eigenvalue weighted by atomic mass is 9.96. The highest BCUT2D eigenvalue weighted by Gasteiger charge is 2.30. The molecule has 2 rings (SSSR count). The van der Waals surface area contributed by atoms with Crippen LogP contribution < -0.4 is 10.6 Å². The minimum Gasteiger partial charge on any atom is -0.354 e. The SMILES string of the molecule is CS(=O)(=O)N1CCC(C(=O)NC2CCC(=O)NC2)CC1. The first-order valence-corrected chi connectivity index (χ1v) is 8.73. The molecule has 2 aliphatic heterocycles. The molecule has 0 radical (unpaired) electrons. The normalized spacial score (nSPS) is 26.1. The molecule has 0 aromatic heterocycles. The Bertz CT molecular complexity index is 473. The Hall–Kier alpha value is -1.15. The lowest BCUT2D eigenvalue weighted by Gasteiger charge is -2.31. The summed E-state index contributed by atoms with van der Waals surface area (Å²) in [6, 6.07) is -0.00635. The van der Waals surface area contributed by atoms with Crippen molar-refractivity contribution in [2.24, 2.45) is 5.92 Å². The lowest BCUT2D eigenvalue weighted by Crippen LogP contribution is -2.50. The minimum atomic E-state index is -3.15. The minimum absolute atomic E-state index is 0.00635. The largest absolute Gasteiger partial charge is 0.354 e. The Morgan fingerprint density at radius 2 is 1.95 bits per heavy atom. The van der Waals surface area contributed by atoms with Gasteiger partial charge in [-0.15, -0.1) is 0 Å². The van der Waals surface area contributed by atoms with Crippen molar-refractivity contribution in [3.05, 3.63) is 0 Å². The third kappa shape index (κ3) is 3.92. The van der Waals surface area contributed by atoms with Gasteiger partial charge in [-0.2, -0.15) is 0 Å². The van der Waals surface area contributed by atoms with Crippen LogP contribution in [0.15, 0.2) is 0 Å². The van der Waals surface area contributed by atoms with Crippen LogP contribution >= 0.6 is 0 Å². The van der Waals surface area contributed by atoms with E-state index in [0.717, 1.165) is 0 Å². The van der Waals surface area contributed by atoms with Gasteiger partial charge in [0.1, 0.15) is 0 Å². The van der Waals surface area contributed by atoms with Gasteiger partial charge in [-0.3, -0.25) is 9.59 Å². The Balaban J connectivity index is 1.79. The van der Waals surface area contributed by atoms with Gasteiger partial charge in [-0.05, 0) is 19.3 Å². The summed E-state index contributed by atoms with van der Waals surface area (Å²) in [6.45, 7) is 1.28. The summed E-state index contributed by atoms with van der Waals surface area (Å²) in [7, 11) is -3.15. The topological polar surface area (TPSA) is 95.6 Å². The van der Waals surface area contributed by atoms with E-state index in [1.165, 1.54) is 10.6 Å². The van der Waals surface area contributed by atoms with E-state index >= 15 is 0 Å². The molecule has 0 aromatic carbocycles. The number of nitrogens with one attached hydrogen (secondary N) is 2. The van der Waals surface area contributed by atoms with Crippen molar-refractivity contribution in [3.63, 3.8) is 0 Å². The number of hydrogen-bond acceptors (Lipinski definition) is 4. The highest BCUT2D eigenvalue weighted by atomic mass is 32.2. The van der Waals surface area contributed by atoms with Crippen LogP contribution in [0, 0.1) is 5.92 Å². The van der Waals surface area contributed by atoms with Crippen LogP contribution in [0.3, 0.4) is 0 Å². The number of rotatable bonds is 3. The quantitative estimate of drug-likeness (QED) is 0.703. The molecule has 2 amide bonds. The molecule has 2 aliphatic rings. The molecule has 2 saturated heterocycles. The summed E-state index contributed by atoms with van der Waals surface area (Å²) >= 11 is 0. The maximum absolute atomic E-state index is 12.1. The Morgan fingerprint density at radius 3 is 2.45 bits per heavy atom. The first-order chi connectivity index (χ1) is 9.36. The first kappa shape index (κ1) is 15.2. The molecule has 7 nitrogen and oxygen atoms in total. The summed E-state index contributed by atoms with van der Waals surface area (Å²) < 4.78 is 24.2. The van der Waals surface area contributed by atoms with E-state index in [9.17, 15) is 18.0 Å². The highest BCUT2D eigenvalue weighted by molar-refractivity contribution is 7.88. The molecule has 2 heterocycles. The maximum atomic E-state index is 12.1. The second-order valence-corrected chi connectivity index (χ2v) is 7.47. The van der Waals surface area contributed by atoms with Crippen molar-refractivity contribution in [2.75, 3.05) is 25.9 Å². The van der Waals surface area contributed by atoms with Crippen LogP contribution in [0.25, 0.3) is 0 Å². The van der Waals surface area contributed by atoms with Crippen LogP contribution in [-0.4, -0.2) is 56.5 Å². The van der Waals surface area contributed by atoms with Crippen molar-refractivity contribution < 1.29 is 18.0 Å². The molecule has 0 aliphatic carbocycles. The van der Waals surface area contributed by atoms with E-state index in [1.807, 2.05) is 0 Å². The molecule has 0 aromatic rings. The molecule has 8 heteroatoms. The van der Waals surface area contributed by atoms with Gasteiger partial charge in [0, 0.05) is 38.0 Å². The van der Waals surface area contributed by atoms with Crippen LogP contribution in [0.4, 0.5) is 0 Å². The van der Waals surface area contributed by atoms with Crippen molar-refractivity contribution in [3.8, 4) is 0 Å². The number of nitrogens with zero attached hydrogens (tertiary/aromatic N) is 1. The van der Waals surface area contributed by atoms with Crippen molar-refractivity contribution in [1.82, 2.24) is 14.9 Å². The summed E-state index contributed by atoms with van der Waals surface area (Å²) in [5.41, 5.74) is 0. The third-order valence-electron chi connectivity index (χ3n) is 3.91. The van der Waals surface area contributed by atoms with Crippen molar-refractivity contribution in [1.29, 1.82) is 0 Å². The van der Waals surface area contributed by atoms with Gasteiger partial charge in [-0.1, -0.05) is 0 Å². The van der Waals surface area contributed by atoms with Gasteiger partial charge in [0.05, 0.1) is 6.26 Å². The van der Waals surface area contributed by atoms with E-state index in [1.54, 1.807) is 0 Å². The fourth-order valence-corrected chi connectivity index (χ4v) is 3.50. The fraction of sp³-hybridized carbons (Fsp3) is 0.833.